The minimum atomic E-state index is -0.650. The summed E-state index contributed by atoms with van der Waals surface area (Å²) in [5.41, 5.74) is 2.31. The highest BCUT2D eigenvalue weighted by Crippen LogP contribution is 2.24. The lowest BCUT2D eigenvalue weighted by Crippen LogP contribution is -2.09. The normalized spacial score (nSPS) is 12.1. The fourth-order valence-corrected chi connectivity index (χ4v) is 2.16. The van der Waals surface area contributed by atoms with Crippen LogP contribution in [0.1, 0.15) is 40.6 Å². The number of carbonyl (C=O) groups excluding carboxylic acids is 1. The van der Waals surface area contributed by atoms with Crippen LogP contribution in [0.25, 0.3) is 11.5 Å². The Morgan fingerprint density at radius 2 is 2.04 bits per heavy atom. The molecule has 6 nitrogen and oxygen atoms in total. The third-order valence-corrected chi connectivity index (χ3v) is 3.42. The molecule has 2 aromatic heterocycles. The van der Waals surface area contributed by atoms with E-state index in [1.54, 1.807) is 19.9 Å². The quantitative estimate of drug-likeness (QED) is 0.681. The zero-order valence-corrected chi connectivity index (χ0v) is 13.1. The van der Waals surface area contributed by atoms with E-state index >= 15 is 0 Å². The summed E-state index contributed by atoms with van der Waals surface area (Å²) in [6.45, 7) is 5.36. The van der Waals surface area contributed by atoms with Crippen molar-refractivity contribution in [1.82, 2.24) is 10.2 Å². The smallest absolute Gasteiger partial charge is 0.342 e. The minimum absolute atomic E-state index is 0.246. The molecule has 0 fully saturated rings. The Bertz CT molecular complexity index is 834. The highest BCUT2D eigenvalue weighted by atomic mass is 16.6. The van der Waals surface area contributed by atoms with Crippen molar-refractivity contribution in [3.8, 4) is 11.5 Å². The number of aromatic nitrogens is 2. The molecule has 1 aromatic carbocycles. The van der Waals surface area contributed by atoms with Crippen LogP contribution in [0.4, 0.5) is 0 Å². The molecule has 1 unspecified atom stereocenters. The molecule has 3 rings (SSSR count). The highest BCUT2D eigenvalue weighted by molar-refractivity contribution is 5.90. The fraction of sp³-hybridized carbons (Fsp3) is 0.235. The van der Waals surface area contributed by atoms with Crippen molar-refractivity contribution >= 4 is 5.97 Å². The summed E-state index contributed by atoms with van der Waals surface area (Å²) in [4.78, 5) is 12.1. The molecule has 118 valence electrons. The van der Waals surface area contributed by atoms with Crippen LogP contribution >= 0.6 is 0 Å². The Kier molecular flexibility index (Phi) is 3.97. The van der Waals surface area contributed by atoms with Crippen molar-refractivity contribution in [3.63, 3.8) is 0 Å². The van der Waals surface area contributed by atoms with Crippen LogP contribution in [0.2, 0.25) is 0 Å². The summed E-state index contributed by atoms with van der Waals surface area (Å²) in [7, 11) is 0. The predicted octanol–water partition coefficient (Wildman–Crippen LogP) is 3.86. The van der Waals surface area contributed by atoms with Gasteiger partial charge >= 0.3 is 5.97 Å². The SMILES string of the molecule is Cc1cccc(-c2nnc(C(C)OC(=O)c3ccoc3C)o2)c1. The number of hydrogen-bond donors (Lipinski definition) is 0. The first kappa shape index (κ1) is 15.0. The third-order valence-electron chi connectivity index (χ3n) is 3.42. The second-order valence-electron chi connectivity index (χ2n) is 5.25. The lowest BCUT2D eigenvalue weighted by atomic mass is 10.1. The van der Waals surface area contributed by atoms with Crippen LogP contribution < -0.4 is 0 Å². The van der Waals surface area contributed by atoms with Crippen LogP contribution in [-0.4, -0.2) is 16.2 Å². The molecule has 2 heterocycles. The number of benzene rings is 1. The van der Waals surface area contributed by atoms with Gasteiger partial charge in [-0.05, 0) is 39.0 Å². The Balaban J connectivity index is 1.75. The largest absolute Gasteiger partial charge is 0.469 e. The first-order valence-electron chi connectivity index (χ1n) is 7.20. The van der Waals surface area contributed by atoms with E-state index in [1.807, 2.05) is 31.2 Å². The monoisotopic (exact) mass is 312 g/mol. The van der Waals surface area contributed by atoms with E-state index in [0.717, 1.165) is 11.1 Å². The van der Waals surface area contributed by atoms with E-state index in [-0.39, 0.29) is 5.89 Å². The average Bonchev–Trinajstić information content (AvgIpc) is 3.16. The Hall–Kier alpha value is -2.89. The van der Waals surface area contributed by atoms with E-state index in [9.17, 15) is 4.79 Å². The van der Waals surface area contributed by atoms with E-state index in [4.69, 9.17) is 13.6 Å². The van der Waals surface area contributed by atoms with Crippen molar-refractivity contribution in [2.75, 3.05) is 0 Å². The standard InChI is InChI=1S/C17H16N2O4/c1-10-5-4-6-13(9-10)16-19-18-15(23-16)12(3)22-17(20)14-7-8-21-11(14)2/h4-9,12H,1-3H3. The van der Waals surface area contributed by atoms with Gasteiger partial charge in [0.1, 0.15) is 11.3 Å². The molecule has 0 N–H and O–H groups in total. The van der Waals surface area contributed by atoms with Crippen molar-refractivity contribution in [1.29, 1.82) is 0 Å². The van der Waals surface area contributed by atoms with Gasteiger partial charge in [-0.15, -0.1) is 10.2 Å². The number of carbonyl (C=O) groups is 1. The maximum absolute atomic E-state index is 12.1. The Morgan fingerprint density at radius 1 is 1.22 bits per heavy atom. The molecule has 1 atom stereocenters. The first-order valence-corrected chi connectivity index (χ1v) is 7.20. The lowest BCUT2D eigenvalue weighted by Gasteiger charge is -2.08. The number of esters is 1. The van der Waals surface area contributed by atoms with Crippen LogP contribution in [0.3, 0.4) is 0 Å². The maximum Gasteiger partial charge on any atom is 0.342 e. The van der Waals surface area contributed by atoms with Crippen LogP contribution in [0.15, 0.2) is 45.4 Å². The summed E-state index contributed by atoms with van der Waals surface area (Å²) in [5, 5.41) is 7.97. The van der Waals surface area contributed by atoms with Gasteiger partial charge in [-0.25, -0.2) is 4.79 Å². The molecule has 0 bridgehead atoms. The molecule has 23 heavy (non-hydrogen) atoms. The van der Waals surface area contributed by atoms with E-state index in [0.29, 0.717) is 17.2 Å². The fourth-order valence-electron chi connectivity index (χ4n) is 2.16. The number of rotatable bonds is 4. The van der Waals surface area contributed by atoms with Gasteiger partial charge in [0.05, 0.1) is 6.26 Å². The van der Waals surface area contributed by atoms with Gasteiger partial charge in [0, 0.05) is 5.56 Å². The van der Waals surface area contributed by atoms with Gasteiger partial charge in [0.2, 0.25) is 5.89 Å². The number of aryl methyl sites for hydroxylation is 2. The van der Waals surface area contributed by atoms with E-state index < -0.39 is 12.1 Å². The highest BCUT2D eigenvalue weighted by Gasteiger charge is 2.21. The lowest BCUT2D eigenvalue weighted by molar-refractivity contribution is 0.0278. The zero-order valence-electron chi connectivity index (χ0n) is 13.1. The van der Waals surface area contributed by atoms with Crippen molar-refractivity contribution in [3.05, 3.63) is 59.4 Å². The maximum atomic E-state index is 12.1. The molecule has 0 radical (unpaired) electrons. The van der Waals surface area contributed by atoms with E-state index in [2.05, 4.69) is 10.2 Å². The molecule has 0 amide bonds. The molecule has 3 aromatic rings. The van der Waals surface area contributed by atoms with Crippen LogP contribution in [-0.2, 0) is 4.74 Å². The summed E-state index contributed by atoms with van der Waals surface area (Å²) in [6, 6.07) is 9.30. The third kappa shape index (κ3) is 3.15. The van der Waals surface area contributed by atoms with Crippen molar-refractivity contribution in [2.24, 2.45) is 0 Å². The molecule has 6 heteroatoms. The van der Waals surface area contributed by atoms with Gasteiger partial charge in [-0.3, -0.25) is 0 Å². The number of hydrogen-bond acceptors (Lipinski definition) is 6. The summed E-state index contributed by atoms with van der Waals surface area (Å²) in [5.74, 6) is 0.661. The number of nitrogens with zero attached hydrogens (tertiary/aromatic N) is 2. The summed E-state index contributed by atoms with van der Waals surface area (Å²) in [6.07, 6.45) is 0.793. The zero-order chi connectivity index (χ0) is 16.4. The van der Waals surface area contributed by atoms with Crippen molar-refractivity contribution < 1.29 is 18.4 Å². The number of furan rings is 1. The van der Waals surface area contributed by atoms with Gasteiger partial charge in [-0.2, -0.15) is 0 Å². The summed E-state index contributed by atoms with van der Waals surface area (Å²) < 4.78 is 16.0. The number of ether oxygens (including phenoxy) is 1. The second-order valence-corrected chi connectivity index (χ2v) is 5.25. The molecule has 0 spiro atoms. The van der Waals surface area contributed by atoms with E-state index in [1.165, 1.54) is 6.26 Å². The van der Waals surface area contributed by atoms with Gasteiger partial charge in [-0.1, -0.05) is 17.7 Å². The minimum Gasteiger partial charge on any atom is -0.469 e. The van der Waals surface area contributed by atoms with Crippen molar-refractivity contribution in [2.45, 2.75) is 26.9 Å². The molecule has 0 saturated heterocycles. The first-order chi connectivity index (χ1) is 11.0. The van der Waals surface area contributed by atoms with Gasteiger partial charge in [0.25, 0.3) is 5.89 Å². The second kappa shape index (κ2) is 6.08. The molecule has 0 saturated carbocycles. The van der Waals surface area contributed by atoms with Gasteiger partial charge < -0.3 is 13.6 Å². The molecule has 0 aliphatic carbocycles. The van der Waals surface area contributed by atoms with Crippen LogP contribution in [0, 0.1) is 13.8 Å². The molecule has 0 aliphatic rings. The summed E-state index contributed by atoms with van der Waals surface area (Å²) >= 11 is 0. The van der Waals surface area contributed by atoms with Gasteiger partial charge in [0.15, 0.2) is 6.10 Å². The average molecular weight is 312 g/mol. The molecular formula is C17H16N2O4. The Morgan fingerprint density at radius 3 is 2.74 bits per heavy atom. The molecule has 0 aliphatic heterocycles. The predicted molar refractivity (Wildman–Crippen MR) is 81.7 cm³/mol. The Labute approximate surface area is 133 Å². The molecular weight excluding hydrogens is 296 g/mol. The topological polar surface area (TPSA) is 78.4 Å². The van der Waals surface area contributed by atoms with Crippen LogP contribution in [0.5, 0.6) is 0 Å².